The minimum Gasteiger partial charge on any atom is -0.486 e. The molecule has 7 nitrogen and oxygen atoms in total. The average molecular weight is 617 g/mol. The highest BCUT2D eigenvalue weighted by Crippen LogP contribution is 2.40. The van der Waals surface area contributed by atoms with E-state index >= 15 is 0 Å². The molecule has 4 aromatic rings. The Kier molecular flexibility index (Phi) is 6.95. The Morgan fingerprint density at radius 1 is 0.879 bits per heavy atom. The van der Waals surface area contributed by atoms with Crippen LogP contribution in [0.4, 0.5) is 0 Å². The third-order valence-electron chi connectivity index (χ3n) is 5.34. The number of aromatic nitrogens is 4. The Labute approximate surface area is 215 Å². The molecule has 0 saturated heterocycles. The molecule has 0 aliphatic carbocycles. The number of hydrogen-bond acceptors (Lipinski definition) is 3. The second kappa shape index (κ2) is 9.58. The summed E-state index contributed by atoms with van der Waals surface area (Å²) in [6.45, 7) is 3.80. The van der Waals surface area contributed by atoms with Gasteiger partial charge >= 0.3 is 0 Å². The minimum atomic E-state index is -0.609. The fraction of sp³-hybridized carbons (Fsp3) is 0.182. The zero-order chi connectivity index (χ0) is 23.9. The van der Waals surface area contributed by atoms with Crippen molar-refractivity contribution in [3.05, 3.63) is 104 Å². The topological polar surface area (TPSA) is 107 Å². The lowest BCUT2D eigenvalue weighted by Crippen LogP contribution is -2.20. The number of hydrogen-bond donors (Lipinski definition) is 4. The van der Waals surface area contributed by atoms with Crippen molar-refractivity contribution in [1.82, 2.24) is 20.4 Å². The Balaban J connectivity index is 1.77. The number of aromatic amines is 4. The van der Waals surface area contributed by atoms with Gasteiger partial charge in [0, 0.05) is 32.9 Å². The van der Waals surface area contributed by atoms with Gasteiger partial charge in [0.05, 0.1) is 20.1 Å². The van der Waals surface area contributed by atoms with E-state index in [4.69, 9.17) is 27.9 Å². The van der Waals surface area contributed by atoms with Gasteiger partial charge in [0.1, 0.15) is 12.4 Å². The van der Waals surface area contributed by atoms with E-state index in [9.17, 15) is 9.59 Å². The summed E-state index contributed by atoms with van der Waals surface area (Å²) >= 11 is 19.4. The maximum absolute atomic E-state index is 12.6. The number of nitrogens with one attached hydrogen (secondary N) is 4. The third kappa shape index (κ3) is 4.73. The molecular formula is C22H18Br2Cl2N4O3. The number of aryl methyl sites for hydroxylation is 2. The van der Waals surface area contributed by atoms with E-state index in [1.54, 1.807) is 32.0 Å². The predicted molar refractivity (Wildman–Crippen MR) is 136 cm³/mol. The predicted octanol–water partition coefficient (Wildman–Crippen LogP) is 5.93. The monoisotopic (exact) mass is 614 g/mol. The largest absolute Gasteiger partial charge is 0.486 e. The second-order valence-corrected chi connectivity index (χ2v) is 10.1. The summed E-state index contributed by atoms with van der Waals surface area (Å²) in [5, 5.41) is 12.0. The van der Waals surface area contributed by atoms with E-state index in [0.717, 1.165) is 11.1 Å². The molecule has 0 saturated carbocycles. The maximum Gasteiger partial charge on any atom is 0.268 e. The minimum absolute atomic E-state index is 0.225. The Bertz CT molecular complexity index is 1380. The van der Waals surface area contributed by atoms with Crippen LogP contribution < -0.4 is 15.9 Å². The first-order chi connectivity index (χ1) is 15.7. The Morgan fingerprint density at radius 2 is 1.42 bits per heavy atom. The van der Waals surface area contributed by atoms with Gasteiger partial charge in [0.25, 0.3) is 11.1 Å². The quantitative estimate of drug-likeness (QED) is 0.216. The molecule has 2 aromatic heterocycles. The van der Waals surface area contributed by atoms with Crippen molar-refractivity contribution >= 4 is 55.1 Å². The summed E-state index contributed by atoms with van der Waals surface area (Å²) in [6.07, 6.45) is 0. The number of H-pyrrole nitrogens is 4. The van der Waals surface area contributed by atoms with Gasteiger partial charge in [-0.15, -0.1) is 0 Å². The number of benzene rings is 2. The van der Waals surface area contributed by atoms with Crippen LogP contribution in [0.1, 0.15) is 39.6 Å². The first kappa shape index (κ1) is 23.9. The van der Waals surface area contributed by atoms with Crippen LogP contribution in [0.2, 0.25) is 10.0 Å². The van der Waals surface area contributed by atoms with Gasteiger partial charge in [-0.05, 0) is 75.5 Å². The van der Waals surface area contributed by atoms with Gasteiger partial charge in [0.15, 0.2) is 0 Å². The molecule has 0 spiro atoms. The van der Waals surface area contributed by atoms with Crippen molar-refractivity contribution in [2.45, 2.75) is 26.4 Å². The molecule has 0 unspecified atom stereocenters. The van der Waals surface area contributed by atoms with Gasteiger partial charge < -0.3 is 14.9 Å². The molecular weight excluding hydrogens is 599 g/mol. The Hall–Kier alpha value is -2.20. The Morgan fingerprint density at radius 3 is 1.88 bits per heavy atom. The number of ether oxygens (including phenoxy) is 1. The zero-order valence-electron chi connectivity index (χ0n) is 17.4. The molecule has 11 heteroatoms. The maximum atomic E-state index is 12.6. The molecule has 0 fully saturated rings. The SMILES string of the molecule is Cc1[nH][nH]c(=O)c1C(c1cc(Br)c(OCc2ccc(Cl)cc2Cl)c(Br)c1)c1c(C)[nH][nH]c1=O. The first-order valence-electron chi connectivity index (χ1n) is 9.77. The zero-order valence-corrected chi connectivity index (χ0v) is 22.1. The lowest BCUT2D eigenvalue weighted by Gasteiger charge is -2.19. The van der Waals surface area contributed by atoms with Crippen LogP contribution >= 0.6 is 55.1 Å². The van der Waals surface area contributed by atoms with E-state index in [0.29, 0.717) is 47.3 Å². The highest BCUT2D eigenvalue weighted by Gasteiger charge is 2.29. The fourth-order valence-electron chi connectivity index (χ4n) is 3.76. The van der Waals surface area contributed by atoms with Crippen molar-refractivity contribution in [3.63, 3.8) is 0 Å². The first-order valence-corrected chi connectivity index (χ1v) is 12.1. The third-order valence-corrected chi connectivity index (χ3v) is 7.11. The van der Waals surface area contributed by atoms with Crippen molar-refractivity contribution < 1.29 is 4.74 Å². The number of halogens is 4. The summed E-state index contributed by atoms with van der Waals surface area (Å²) < 4.78 is 7.31. The molecule has 0 aliphatic heterocycles. The molecule has 2 heterocycles. The fourth-order valence-corrected chi connectivity index (χ4v) is 5.67. The van der Waals surface area contributed by atoms with Crippen molar-refractivity contribution in [1.29, 1.82) is 0 Å². The van der Waals surface area contributed by atoms with Crippen molar-refractivity contribution in [3.8, 4) is 5.75 Å². The van der Waals surface area contributed by atoms with Crippen LogP contribution in [0.5, 0.6) is 5.75 Å². The summed E-state index contributed by atoms with van der Waals surface area (Å²) in [5.41, 5.74) is 3.15. The van der Waals surface area contributed by atoms with Crippen LogP contribution in [-0.4, -0.2) is 20.4 Å². The lowest BCUT2D eigenvalue weighted by atomic mass is 9.85. The smallest absolute Gasteiger partial charge is 0.268 e. The van der Waals surface area contributed by atoms with Gasteiger partial charge in [0.2, 0.25) is 0 Å². The molecule has 0 atom stereocenters. The van der Waals surface area contributed by atoms with Crippen LogP contribution in [0.25, 0.3) is 0 Å². The molecule has 0 bridgehead atoms. The van der Waals surface area contributed by atoms with E-state index < -0.39 is 5.92 Å². The van der Waals surface area contributed by atoms with Crippen molar-refractivity contribution in [2.75, 3.05) is 0 Å². The van der Waals surface area contributed by atoms with Crippen LogP contribution in [0.3, 0.4) is 0 Å². The lowest BCUT2D eigenvalue weighted by molar-refractivity contribution is 0.302. The highest BCUT2D eigenvalue weighted by molar-refractivity contribution is 9.11. The molecule has 0 radical (unpaired) electrons. The number of rotatable bonds is 6. The normalized spacial score (nSPS) is 11.4. The standard InChI is InChI=1S/C22H18Br2Cl2N4O3/c1-9-17(21(31)29-27-9)19(18-10(2)28-30-22(18)32)12-5-14(23)20(15(24)6-12)33-8-11-3-4-13(25)7-16(11)26/h3-7,19H,8H2,1-2H3,(H2,27,29,31)(H2,28,30,32). The van der Waals surface area contributed by atoms with E-state index in [1.165, 1.54) is 0 Å². The summed E-state index contributed by atoms with van der Waals surface area (Å²) in [5.74, 6) is -0.0507. The van der Waals surface area contributed by atoms with Gasteiger partial charge in [-0.1, -0.05) is 29.3 Å². The summed E-state index contributed by atoms with van der Waals surface area (Å²) in [4.78, 5) is 25.3. The van der Waals surface area contributed by atoms with E-state index in [2.05, 4.69) is 52.3 Å². The van der Waals surface area contributed by atoms with Crippen LogP contribution in [0, 0.1) is 13.8 Å². The van der Waals surface area contributed by atoms with Crippen LogP contribution in [-0.2, 0) is 6.61 Å². The van der Waals surface area contributed by atoms with Gasteiger partial charge in [-0.25, -0.2) is 0 Å². The molecule has 172 valence electrons. The van der Waals surface area contributed by atoms with Gasteiger partial charge in [-0.2, -0.15) is 0 Å². The second-order valence-electron chi connectivity index (χ2n) is 7.51. The average Bonchev–Trinajstić information content (AvgIpc) is 3.25. The van der Waals surface area contributed by atoms with Gasteiger partial charge in [-0.3, -0.25) is 19.8 Å². The molecule has 2 aromatic carbocycles. The summed E-state index contributed by atoms with van der Waals surface area (Å²) in [7, 11) is 0. The molecule has 33 heavy (non-hydrogen) atoms. The molecule has 4 rings (SSSR count). The molecule has 0 amide bonds. The van der Waals surface area contributed by atoms with E-state index in [-0.39, 0.29) is 17.7 Å². The summed E-state index contributed by atoms with van der Waals surface area (Å²) in [6, 6.07) is 8.89. The molecule has 4 N–H and O–H groups in total. The van der Waals surface area contributed by atoms with E-state index in [1.807, 2.05) is 12.1 Å². The highest BCUT2D eigenvalue weighted by atomic mass is 79.9. The molecule has 0 aliphatic rings. The van der Waals surface area contributed by atoms with Crippen molar-refractivity contribution in [2.24, 2.45) is 0 Å². The van der Waals surface area contributed by atoms with Crippen LogP contribution in [0.15, 0.2) is 48.9 Å².